The summed E-state index contributed by atoms with van der Waals surface area (Å²) >= 11 is 0. The Bertz CT molecular complexity index is 143. The molecule has 0 radical (unpaired) electrons. The van der Waals surface area contributed by atoms with Gasteiger partial charge in [0.15, 0.2) is 0 Å². The molecule has 0 N–H and O–H groups in total. The first-order chi connectivity index (χ1) is 5.63. The van der Waals surface area contributed by atoms with Gasteiger partial charge in [-0.3, -0.25) is 0 Å². The quantitative estimate of drug-likeness (QED) is 0.439. The minimum Gasteiger partial charge on any atom is -0.103 e. The summed E-state index contributed by atoms with van der Waals surface area (Å²) in [4.78, 5) is 0. The molecule has 0 fully saturated rings. The lowest BCUT2D eigenvalue weighted by Crippen LogP contribution is -1.85. The zero-order valence-electron chi connectivity index (χ0n) is 8.98. The van der Waals surface area contributed by atoms with Crippen LogP contribution in [0.15, 0.2) is 0 Å². The first kappa shape index (κ1) is 11.6. The highest BCUT2D eigenvalue weighted by Gasteiger charge is 1.91. The first-order valence-corrected chi connectivity index (χ1v) is 5.08. The first-order valence-electron chi connectivity index (χ1n) is 5.08. The van der Waals surface area contributed by atoms with Gasteiger partial charge >= 0.3 is 0 Å². The van der Waals surface area contributed by atoms with E-state index in [1.54, 1.807) is 0 Å². The second kappa shape index (κ2) is 7.22. The monoisotopic (exact) mass is 166 g/mol. The predicted octanol–water partition coefficient (Wildman–Crippen LogP) is 3.86. The Labute approximate surface area is 77.8 Å². The van der Waals surface area contributed by atoms with Gasteiger partial charge in [0.05, 0.1) is 0 Å². The molecule has 0 spiro atoms. The molecule has 0 bridgehead atoms. The van der Waals surface area contributed by atoms with Crippen LogP contribution in [0, 0.1) is 23.7 Å². The fourth-order valence-corrected chi connectivity index (χ4v) is 0.963. The summed E-state index contributed by atoms with van der Waals surface area (Å²) in [6.45, 7) is 8.95. The van der Waals surface area contributed by atoms with E-state index in [0.29, 0.717) is 0 Å². The second-order valence-electron chi connectivity index (χ2n) is 4.24. The van der Waals surface area contributed by atoms with Gasteiger partial charge in [-0.25, -0.2) is 0 Å². The van der Waals surface area contributed by atoms with Gasteiger partial charge in [0.1, 0.15) is 0 Å². The van der Waals surface area contributed by atoms with Gasteiger partial charge < -0.3 is 0 Å². The SMILES string of the molecule is CC(C)CC#CCCCC(C)C. The van der Waals surface area contributed by atoms with Crippen molar-refractivity contribution in [3.05, 3.63) is 0 Å². The van der Waals surface area contributed by atoms with E-state index >= 15 is 0 Å². The standard InChI is InChI=1S/C12H22/c1-11(2)9-7-5-6-8-10-12(3)4/h11-12H,5,7,9-10H2,1-4H3. The van der Waals surface area contributed by atoms with Gasteiger partial charge in [-0.2, -0.15) is 0 Å². The average Bonchev–Trinajstić information content (AvgIpc) is 1.95. The minimum atomic E-state index is 0.725. The van der Waals surface area contributed by atoms with E-state index in [-0.39, 0.29) is 0 Å². The third kappa shape index (κ3) is 9.56. The number of hydrogen-bond donors (Lipinski definition) is 0. The summed E-state index contributed by atoms with van der Waals surface area (Å²) in [5.41, 5.74) is 0. The molecule has 0 heteroatoms. The van der Waals surface area contributed by atoms with E-state index in [9.17, 15) is 0 Å². The molecule has 0 aliphatic heterocycles. The summed E-state index contributed by atoms with van der Waals surface area (Å²) in [5.74, 6) is 7.99. The van der Waals surface area contributed by atoms with Gasteiger partial charge in [0.2, 0.25) is 0 Å². The third-order valence-corrected chi connectivity index (χ3v) is 1.72. The highest BCUT2D eigenvalue weighted by Crippen LogP contribution is 2.05. The van der Waals surface area contributed by atoms with E-state index < -0.39 is 0 Å². The average molecular weight is 166 g/mol. The van der Waals surface area contributed by atoms with Crippen molar-refractivity contribution < 1.29 is 0 Å². The fraction of sp³-hybridized carbons (Fsp3) is 0.833. The molecule has 0 amide bonds. The summed E-state index contributed by atoms with van der Waals surface area (Å²) in [5, 5.41) is 0. The Morgan fingerprint density at radius 1 is 0.917 bits per heavy atom. The Balaban J connectivity index is 3.22. The van der Waals surface area contributed by atoms with Crippen molar-refractivity contribution in [2.45, 2.75) is 53.4 Å². The van der Waals surface area contributed by atoms with Gasteiger partial charge in [-0.05, 0) is 18.3 Å². The lowest BCUT2D eigenvalue weighted by molar-refractivity contribution is 0.562. The number of unbranched alkanes of at least 4 members (excludes halogenated alkanes) is 1. The Hall–Kier alpha value is -0.440. The van der Waals surface area contributed by atoms with Crippen LogP contribution < -0.4 is 0 Å². The fourth-order valence-electron chi connectivity index (χ4n) is 0.963. The van der Waals surface area contributed by atoms with Crippen LogP contribution in [-0.4, -0.2) is 0 Å². The summed E-state index contributed by atoms with van der Waals surface area (Å²) < 4.78 is 0. The van der Waals surface area contributed by atoms with Gasteiger partial charge in [-0.1, -0.05) is 34.1 Å². The Kier molecular flexibility index (Phi) is 6.96. The number of hydrogen-bond acceptors (Lipinski definition) is 0. The summed E-state index contributed by atoms with van der Waals surface area (Å²) in [6, 6.07) is 0. The molecular weight excluding hydrogens is 144 g/mol. The van der Waals surface area contributed by atoms with Gasteiger partial charge in [-0.15, -0.1) is 11.8 Å². The second-order valence-corrected chi connectivity index (χ2v) is 4.24. The molecule has 0 atom stereocenters. The lowest BCUT2D eigenvalue weighted by Gasteiger charge is -1.99. The normalized spacial score (nSPS) is 10.2. The van der Waals surface area contributed by atoms with Gasteiger partial charge in [0.25, 0.3) is 0 Å². The van der Waals surface area contributed by atoms with Crippen LogP contribution in [0.2, 0.25) is 0 Å². The van der Waals surface area contributed by atoms with Crippen LogP contribution >= 0.6 is 0 Å². The molecule has 0 nitrogen and oxygen atoms in total. The topological polar surface area (TPSA) is 0 Å². The molecule has 0 aromatic rings. The van der Waals surface area contributed by atoms with Crippen molar-refractivity contribution >= 4 is 0 Å². The van der Waals surface area contributed by atoms with Crippen molar-refractivity contribution in [2.75, 3.05) is 0 Å². The molecule has 0 saturated carbocycles. The van der Waals surface area contributed by atoms with Crippen LogP contribution in [0.25, 0.3) is 0 Å². The molecule has 0 aromatic carbocycles. The van der Waals surface area contributed by atoms with Crippen LogP contribution in [0.4, 0.5) is 0 Å². The van der Waals surface area contributed by atoms with E-state index in [2.05, 4.69) is 39.5 Å². The highest BCUT2D eigenvalue weighted by molar-refractivity contribution is 4.99. The molecule has 0 heterocycles. The van der Waals surface area contributed by atoms with Crippen molar-refractivity contribution in [3.8, 4) is 11.8 Å². The largest absolute Gasteiger partial charge is 0.103 e. The molecule has 70 valence electrons. The molecule has 0 saturated heterocycles. The maximum atomic E-state index is 3.22. The maximum absolute atomic E-state index is 3.22. The van der Waals surface area contributed by atoms with E-state index in [0.717, 1.165) is 24.7 Å². The summed E-state index contributed by atoms with van der Waals surface area (Å²) in [7, 11) is 0. The molecule has 0 aliphatic rings. The molecule has 0 aliphatic carbocycles. The minimum absolute atomic E-state index is 0.725. The van der Waals surface area contributed by atoms with Crippen molar-refractivity contribution in [2.24, 2.45) is 11.8 Å². The van der Waals surface area contributed by atoms with E-state index in [1.165, 1.54) is 12.8 Å². The lowest BCUT2D eigenvalue weighted by atomic mass is 10.1. The van der Waals surface area contributed by atoms with Crippen molar-refractivity contribution in [1.29, 1.82) is 0 Å². The van der Waals surface area contributed by atoms with Crippen molar-refractivity contribution in [1.82, 2.24) is 0 Å². The molecule has 0 unspecified atom stereocenters. The Morgan fingerprint density at radius 3 is 2.08 bits per heavy atom. The van der Waals surface area contributed by atoms with Crippen LogP contribution in [-0.2, 0) is 0 Å². The number of rotatable bonds is 4. The van der Waals surface area contributed by atoms with Crippen LogP contribution in [0.5, 0.6) is 0 Å². The molecule has 12 heavy (non-hydrogen) atoms. The van der Waals surface area contributed by atoms with Crippen LogP contribution in [0.1, 0.15) is 53.4 Å². The Morgan fingerprint density at radius 2 is 1.58 bits per heavy atom. The van der Waals surface area contributed by atoms with Crippen LogP contribution in [0.3, 0.4) is 0 Å². The molecule has 0 aromatic heterocycles. The van der Waals surface area contributed by atoms with Crippen molar-refractivity contribution in [3.63, 3.8) is 0 Å². The van der Waals surface area contributed by atoms with Gasteiger partial charge in [0, 0.05) is 12.8 Å². The smallest absolute Gasteiger partial charge is 0.0112 e. The zero-order valence-corrected chi connectivity index (χ0v) is 8.98. The van der Waals surface area contributed by atoms with E-state index in [1.807, 2.05) is 0 Å². The van der Waals surface area contributed by atoms with E-state index in [4.69, 9.17) is 0 Å². The highest BCUT2D eigenvalue weighted by atomic mass is 14.0. The third-order valence-electron chi connectivity index (χ3n) is 1.72. The molecular formula is C12H22. The summed E-state index contributed by atoms with van der Waals surface area (Å²) in [6.07, 6.45) is 4.73. The maximum Gasteiger partial charge on any atom is 0.0112 e. The molecule has 0 rings (SSSR count). The predicted molar refractivity (Wildman–Crippen MR) is 55.9 cm³/mol. The zero-order chi connectivity index (χ0) is 9.40.